The molecule has 1 aromatic rings. The molecule has 0 aliphatic heterocycles. The van der Waals surface area contributed by atoms with Gasteiger partial charge in [-0.15, -0.1) is 35.3 Å². The quantitative estimate of drug-likeness (QED) is 0.332. The molecule has 1 unspecified atom stereocenters. The predicted molar refractivity (Wildman–Crippen MR) is 105 cm³/mol. The van der Waals surface area contributed by atoms with E-state index in [-0.39, 0.29) is 36.4 Å². The van der Waals surface area contributed by atoms with Crippen molar-refractivity contribution in [1.29, 1.82) is 0 Å². The minimum absolute atomic E-state index is 0. The summed E-state index contributed by atoms with van der Waals surface area (Å²) in [6.07, 6.45) is 0.937. The highest BCUT2D eigenvalue weighted by Gasteiger charge is 2.07. The van der Waals surface area contributed by atoms with E-state index < -0.39 is 0 Å². The average molecular weight is 438 g/mol. The number of rotatable bonds is 8. The van der Waals surface area contributed by atoms with Gasteiger partial charge in [-0.25, -0.2) is 4.99 Å². The number of aliphatic imine (C=N–C) groups is 1. The molecule has 1 heterocycles. The lowest BCUT2D eigenvalue weighted by Gasteiger charge is -2.15. The van der Waals surface area contributed by atoms with Crippen molar-refractivity contribution >= 4 is 47.2 Å². The van der Waals surface area contributed by atoms with Gasteiger partial charge in [0.2, 0.25) is 5.91 Å². The number of amides is 1. The molecule has 126 valence electrons. The van der Waals surface area contributed by atoms with E-state index >= 15 is 0 Å². The molecule has 3 N–H and O–H groups in total. The summed E-state index contributed by atoms with van der Waals surface area (Å²) in [4.78, 5) is 17.2. The number of guanidine groups is 1. The standard InChI is InChI=1S/C15H26N4OS.HI/c1-4-8-17-14(20)11-19-15(16-5-2)18-10-12(3)13-7-6-9-21-13;/h6-7,9,12H,4-5,8,10-11H2,1-3H3,(H,17,20)(H2,16,18,19);1H. The average Bonchev–Trinajstić information content (AvgIpc) is 3.02. The molecule has 0 spiro atoms. The zero-order chi connectivity index (χ0) is 15.5. The number of halogens is 1. The van der Waals surface area contributed by atoms with Gasteiger partial charge in [-0.3, -0.25) is 4.79 Å². The molecule has 0 bridgehead atoms. The number of thiophene rings is 1. The normalized spacial score (nSPS) is 12.2. The maximum absolute atomic E-state index is 11.6. The maximum Gasteiger partial charge on any atom is 0.241 e. The van der Waals surface area contributed by atoms with E-state index in [9.17, 15) is 4.79 Å². The summed E-state index contributed by atoms with van der Waals surface area (Å²) in [7, 11) is 0. The molecule has 1 rings (SSSR count). The summed E-state index contributed by atoms with van der Waals surface area (Å²) >= 11 is 1.76. The van der Waals surface area contributed by atoms with E-state index in [2.05, 4.69) is 45.4 Å². The summed E-state index contributed by atoms with van der Waals surface area (Å²) in [6, 6.07) is 4.20. The van der Waals surface area contributed by atoms with E-state index in [4.69, 9.17) is 0 Å². The molecule has 5 nitrogen and oxygen atoms in total. The van der Waals surface area contributed by atoms with Gasteiger partial charge < -0.3 is 16.0 Å². The van der Waals surface area contributed by atoms with Crippen molar-refractivity contribution in [3.05, 3.63) is 22.4 Å². The van der Waals surface area contributed by atoms with Crippen molar-refractivity contribution < 1.29 is 4.79 Å². The summed E-state index contributed by atoms with van der Waals surface area (Å²) in [6.45, 7) is 8.64. The Morgan fingerprint density at radius 2 is 2.09 bits per heavy atom. The first-order valence-electron chi connectivity index (χ1n) is 7.49. The Kier molecular flexibility index (Phi) is 12.2. The number of carbonyl (C=O) groups is 1. The topological polar surface area (TPSA) is 65.5 Å². The first-order valence-corrected chi connectivity index (χ1v) is 8.37. The largest absolute Gasteiger partial charge is 0.357 e. The van der Waals surface area contributed by atoms with Crippen LogP contribution in [-0.2, 0) is 4.79 Å². The summed E-state index contributed by atoms with van der Waals surface area (Å²) in [5.74, 6) is 1.07. The fraction of sp³-hybridized carbons (Fsp3) is 0.600. The molecule has 1 amide bonds. The van der Waals surface area contributed by atoms with Gasteiger partial charge in [-0.05, 0) is 24.8 Å². The molecule has 0 aliphatic rings. The predicted octanol–water partition coefficient (Wildman–Crippen LogP) is 2.55. The third-order valence-electron chi connectivity index (χ3n) is 2.90. The lowest BCUT2D eigenvalue weighted by Crippen LogP contribution is -2.40. The second-order valence-electron chi connectivity index (χ2n) is 4.84. The van der Waals surface area contributed by atoms with Crippen molar-refractivity contribution in [2.24, 2.45) is 4.99 Å². The van der Waals surface area contributed by atoms with E-state index in [1.54, 1.807) is 11.3 Å². The van der Waals surface area contributed by atoms with E-state index in [1.165, 1.54) is 4.88 Å². The first kappa shape index (κ1) is 21.2. The molecule has 1 aromatic heterocycles. The Morgan fingerprint density at radius 3 is 2.68 bits per heavy atom. The summed E-state index contributed by atoms with van der Waals surface area (Å²) in [5, 5.41) is 11.3. The molecule has 0 radical (unpaired) electrons. The Bertz CT molecular complexity index is 437. The van der Waals surface area contributed by atoms with Crippen LogP contribution in [0.15, 0.2) is 22.5 Å². The number of carbonyl (C=O) groups excluding carboxylic acids is 1. The number of nitrogens with zero attached hydrogens (tertiary/aromatic N) is 1. The van der Waals surface area contributed by atoms with Gasteiger partial charge >= 0.3 is 0 Å². The summed E-state index contributed by atoms with van der Waals surface area (Å²) in [5.41, 5.74) is 0. The van der Waals surface area contributed by atoms with E-state index in [0.29, 0.717) is 18.4 Å². The van der Waals surface area contributed by atoms with Crippen LogP contribution in [0.4, 0.5) is 0 Å². The van der Waals surface area contributed by atoms with Crippen LogP contribution in [0.3, 0.4) is 0 Å². The van der Waals surface area contributed by atoms with Crippen LogP contribution in [0.25, 0.3) is 0 Å². The molecule has 0 aromatic carbocycles. The van der Waals surface area contributed by atoms with Crippen molar-refractivity contribution in [2.45, 2.75) is 33.1 Å². The van der Waals surface area contributed by atoms with Gasteiger partial charge in [-0.2, -0.15) is 0 Å². The van der Waals surface area contributed by atoms with Gasteiger partial charge in [0.1, 0.15) is 6.54 Å². The maximum atomic E-state index is 11.6. The molecule has 7 heteroatoms. The van der Waals surface area contributed by atoms with Gasteiger partial charge in [0.15, 0.2) is 5.96 Å². The molecule has 0 saturated heterocycles. The fourth-order valence-electron chi connectivity index (χ4n) is 1.73. The third kappa shape index (κ3) is 8.57. The van der Waals surface area contributed by atoms with Crippen molar-refractivity contribution in [3.8, 4) is 0 Å². The highest BCUT2D eigenvalue weighted by Crippen LogP contribution is 2.19. The smallest absolute Gasteiger partial charge is 0.241 e. The van der Waals surface area contributed by atoms with Crippen molar-refractivity contribution in [2.75, 3.05) is 26.2 Å². The molecule has 0 saturated carbocycles. The lowest BCUT2D eigenvalue weighted by atomic mass is 10.1. The van der Waals surface area contributed by atoms with Gasteiger partial charge in [0.05, 0.1) is 0 Å². The zero-order valence-electron chi connectivity index (χ0n) is 13.5. The van der Waals surface area contributed by atoms with Gasteiger partial charge in [-0.1, -0.05) is 19.9 Å². The molecular weight excluding hydrogens is 411 g/mol. The minimum atomic E-state index is -0.0413. The van der Waals surface area contributed by atoms with E-state index in [0.717, 1.165) is 19.5 Å². The van der Waals surface area contributed by atoms with Crippen LogP contribution in [0.2, 0.25) is 0 Å². The van der Waals surface area contributed by atoms with Crippen LogP contribution in [0, 0.1) is 0 Å². The van der Waals surface area contributed by atoms with Crippen LogP contribution < -0.4 is 16.0 Å². The van der Waals surface area contributed by atoms with Crippen molar-refractivity contribution in [1.82, 2.24) is 16.0 Å². The highest BCUT2D eigenvalue weighted by molar-refractivity contribution is 14.0. The van der Waals surface area contributed by atoms with Gasteiger partial charge in [0.25, 0.3) is 0 Å². The number of hydrogen-bond acceptors (Lipinski definition) is 3. The highest BCUT2D eigenvalue weighted by atomic mass is 127. The van der Waals surface area contributed by atoms with Gasteiger partial charge in [0, 0.05) is 30.4 Å². The second kappa shape index (κ2) is 12.7. The Balaban J connectivity index is 0.00000441. The van der Waals surface area contributed by atoms with Crippen LogP contribution in [-0.4, -0.2) is 38.0 Å². The number of hydrogen-bond donors (Lipinski definition) is 3. The van der Waals surface area contributed by atoms with Crippen LogP contribution in [0.1, 0.15) is 38.0 Å². The summed E-state index contributed by atoms with van der Waals surface area (Å²) < 4.78 is 0. The molecular formula is C15H27IN4OS. The molecule has 0 fully saturated rings. The van der Waals surface area contributed by atoms with E-state index in [1.807, 2.05) is 13.8 Å². The molecule has 1 atom stereocenters. The molecule has 22 heavy (non-hydrogen) atoms. The Hall–Kier alpha value is -0.830. The monoisotopic (exact) mass is 438 g/mol. The fourth-order valence-corrected chi connectivity index (χ4v) is 2.52. The van der Waals surface area contributed by atoms with Crippen LogP contribution in [0.5, 0.6) is 0 Å². The first-order chi connectivity index (χ1) is 10.2. The Morgan fingerprint density at radius 1 is 1.32 bits per heavy atom. The lowest BCUT2D eigenvalue weighted by molar-refractivity contribution is -0.119. The Labute approximate surface area is 154 Å². The minimum Gasteiger partial charge on any atom is -0.357 e. The zero-order valence-corrected chi connectivity index (χ0v) is 16.7. The second-order valence-corrected chi connectivity index (χ2v) is 5.82. The SMILES string of the molecule is CCCNC(=O)CN=C(NCC)NCC(C)c1cccs1.I. The third-order valence-corrected chi connectivity index (χ3v) is 4.01. The number of nitrogens with one attached hydrogen (secondary N) is 3. The molecule has 0 aliphatic carbocycles. The van der Waals surface area contributed by atoms with Crippen LogP contribution >= 0.6 is 35.3 Å². The van der Waals surface area contributed by atoms with Crippen molar-refractivity contribution in [3.63, 3.8) is 0 Å².